The van der Waals surface area contributed by atoms with Crippen molar-refractivity contribution in [2.75, 3.05) is 33.3 Å². The number of carbonyl (C=O) groups excluding carboxylic acids is 1. The Morgan fingerprint density at radius 3 is 2.41 bits per heavy atom. The Labute approximate surface area is 168 Å². The molecule has 1 aliphatic heterocycles. The molecule has 0 unspecified atom stereocenters. The van der Waals surface area contributed by atoms with Crippen molar-refractivity contribution in [3.8, 4) is 5.75 Å². The minimum atomic E-state index is -3.88. The number of non-ortho nitro benzene ring substituents is 1. The van der Waals surface area contributed by atoms with Crippen molar-refractivity contribution in [2.45, 2.75) is 11.8 Å². The van der Waals surface area contributed by atoms with Gasteiger partial charge in [0.2, 0.25) is 10.0 Å². The molecular weight excluding hydrogens is 398 g/mol. The number of sulfonamides is 1. The zero-order chi connectivity index (χ0) is 21.2. The molecule has 0 aromatic heterocycles. The van der Waals surface area contributed by atoms with Crippen molar-refractivity contribution in [2.24, 2.45) is 0 Å². The molecule has 10 heteroatoms. The van der Waals surface area contributed by atoms with Crippen LogP contribution in [0, 0.1) is 17.0 Å². The number of piperazine rings is 1. The van der Waals surface area contributed by atoms with E-state index in [9.17, 15) is 23.3 Å². The monoisotopic (exact) mass is 419 g/mol. The Balaban J connectivity index is 1.72. The molecule has 9 nitrogen and oxygen atoms in total. The minimum absolute atomic E-state index is 0.111. The first-order chi connectivity index (χ1) is 13.7. The second-order valence-electron chi connectivity index (χ2n) is 6.64. The van der Waals surface area contributed by atoms with Crippen molar-refractivity contribution in [1.82, 2.24) is 9.21 Å². The molecule has 1 saturated heterocycles. The van der Waals surface area contributed by atoms with Crippen LogP contribution in [0.2, 0.25) is 0 Å². The van der Waals surface area contributed by atoms with Crippen LogP contribution < -0.4 is 4.74 Å². The lowest BCUT2D eigenvalue weighted by atomic mass is 10.1. The van der Waals surface area contributed by atoms with E-state index in [4.69, 9.17) is 4.74 Å². The summed E-state index contributed by atoms with van der Waals surface area (Å²) in [5.41, 5.74) is 1.10. The number of hydrogen-bond donors (Lipinski definition) is 0. The van der Waals surface area contributed by atoms with Crippen molar-refractivity contribution < 1.29 is 22.9 Å². The predicted molar refractivity (Wildman–Crippen MR) is 105 cm³/mol. The fraction of sp³-hybridized carbons (Fsp3) is 0.316. The Morgan fingerprint density at radius 2 is 1.79 bits per heavy atom. The van der Waals surface area contributed by atoms with Gasteiger partial charge in [-0.3, -0.25) is 14.9 Å². The molecule has 3 rings (SSSR count). The standard InChI is InChI=1S/C19H21N3O6S/c1-14-6-7-15(12-18(14)28-2)19(23)20-8-10-21(11-9-20)29(26,27)17-5-3-4-16(13-17)22(24)25/h3-7,12-13H,8-11H2,1-2H3. The van der Waals surface area contributed by atoms with Gasteiger partial charge in [0, 0.05) is 43.9 Å². The van der Waals surface area contributed by atoms with Gasteiger partial charge < -0.3 is 9.64 Å². The van der Waals surface area contributed by atoms with Gasteiger partial charge in [0.25, 0.3) is 11.6 Å². The molecule has 1 amide bonds. The fourth-order valence-electron chi connectivity index (χ4n) is 3.17. The van der Waals surface area contributed by atoms with E-state index in [1.807, 2.05) is 6.92 Å². The van der Waals surface area contributed by atoms with Gasteiger partial charge in [-0.15, -0.1) is 0 Å². The van der Waals surface area contributed by atoms with Crippen LogP contribution in [-0.2, 0) is 10.0 Å². The highest BCUT2D eigenvalue weighted by Crippen LogP contribution is 2.24. The average Bonchev–Trinajstić information content (AvgIpc) is 2.73. The van der Waals surface area contributed by atoms with Gasteiger partial charge in [-0.05, 0) is 30.7 Å². The molecule has 0 atom stereocenters. The highest BCUT2D eigenvalue weighted by atomic mass is 32.2. The summed E-state index contributed by atoms with van der Waals surface area (Å²) >= 11 is 0. The Bertz CT molecular complexity index is 1050. The number of methoxy groups -OCH3 is 1. The van der Waals surface area contributed by atoms with Gasteiger partial charge in [0.05, 0.1) is 16.9 Å². The number of carbonyl (C=O) groups is 1. The Morgan fingerprint density at radius 1 is 1.10 bits per heavy atom. The number of ether oxygens (including phenoxy) is 1. The molecule has 0 spiro atoms. The highest BCUT2D eigenvalue weighted by Gasteiger charge is 2.31. The molecule has 2 aromatic carbocycles. The topological polar surface area (TPSA) is 110 Å². The molecule has 154 valence electrons. The maximum Gasteiger partial charge on any atom is 0.270 e. The average molecular weight is 419 g/mol. The van der Waals surface area contributed by atoms with Crippen LogP contribution in [0.4, 0.5) is 5.69 Å². The largest absolute Gasteiger partial charge is 0.496 e. The van der Waals surface area contributed by atoms with Gasteiger partial charge in [0.15, 0.2) is 0 Å². The quantitative estimate of drug-likeness (QED) is 0.542. The molecular formula is C19H21N3O6S. The summed E-state index contributed by atoms with van der Waals surface area (Å²) in [7, 11) is -2.34. The molecule has 0 N–H and O–H groups in total. The number of nitro groups is 1. The summed E-state index contributed by atoms with van der Waals surface area (Å²) in [6, 6.07) is 10.1. The lowest BCUT2D eigenvalue weighted by molar-refractivity contribution is -0.385. The number of hydrogen-bond acceptors (Lipinski definition) is 6. The van der Waals surface area contributed by atoms with E-state index in [-0.39, 0.29) is 42.7 Å². The number of amides is 1. The number of rotatable bonds is 5. The van der Waals surface area contributed by atoms with Crippen LogP contribution in [0.3, 0.4) is 0 Å². The first-order valence-electron chi connectivity index (χ1n) is 8.92. The molecule has 0 radical (unpaired) electrons. The van der Waals surface area contributed by atoms with E-state index in [2.05, 4.69) is 0 Å². The SMILES string of the molecule is COc1cc(C(=O)N2CCN(S(=O)(=O)c3cccc([N+](=O)[O-])c3)CC2)ccc1C. The van der Waals surface area contributed by atoms with Crippen molar-refractivity contribution in [1.29, 1.82) is 0 Å². The maximum absolute atomic E-state index is 12.8. The van der Waals surface area contributed by atoms with E-state index in [1.54, 1.807) is 23.1 Å². The minimum Gasteiger partial charge on any atom is -0.496 e. The normalized spacial score (nSPS) is 15.2. The summed E-state index contributed by atoms with van der Waals surface area (Å²) in [6.45, 7) is 2.55. The van der Waals surface area contributed by atoms with Gasteiger partial charge in [-0.1, -0.05) is 12.1 Å². The number of aryl methyl sites for hydroxylation is 1. The van der Waals surface area contributed by atoms with Crippen LogP contribution in [0.25, 0.3) is 0 Å². The van der Waals surface area contributed by atoms with E-state index < -0.39 is 14.9 Å². The Kier molecular flexibility index (Phi) is 5.85. The second-order valence-corrected chi connectivity index (χ2v) is 8.57. The lowest BCUT2D eigenvalue weighted by Gasteiger charge is -2.34. The summed E-state index contributed by atoms with van der Waals surface area (Å²) in [5.74, 6) is 0.415. The maximum atomic E-state index is 12.8. The summed E-state index contributed by atoms with van der Waals surface area (Å²) in [6.07, 6.45) is 0. The molecule has 1 fully saturated rings. The first kappa shape index (κ1) is 20.7. The molecule has 1 aliphatic rings. The van der Waals surface area contributed by atoms with Gasteiger partial charge in [-0.25, -0.2) is 8.42 Å². The summed E-state index contributed by atoms with van der Waals surface area (Å²) in [4.78, 5) is 24.5. The molecule has 0 saturated carbocycles. The van der Waals surface area contributed by atoms with E-state index in [0.717, 1.165) is 11.6 Å². The van der Waals surface area contributed by atoms with Crippen LogP contribution in [0.5, 0.6) is 5.75 Å². The predicted octanol–water partition coefficient (Wildman–Crippen LogP) is 2.06. The lowest BCUT2D eigenvalue weighted by Crippen LogP contribution is -2.50. The second kappa shape index (κ2) is 8.18. The van der Waals surface area contributed by atoms with Crippen LogP contribution in [0.1, 0.15) is 15.9 Å². The van der Waals surface area contributed by atoms with Crippen molar-refractivity contribution in [3.05, 3.63) is 63.7 Å². The van der Waals surface area contributed by atoms with E-state index in [0.29, 0.717) is 11.3 Å². The zero-order valence-corrected chi connectivity index (χ0v) is 16.9. The smallest absolute Gasteiger partial charge is 0.270 e. The third-order valence-electron chi connectivity index (χ3n) is 4.85. The molecule has 1 heterocycles. The van der Waals surface area contributed by atoms with Crippen LogP contribution in [-0.4, -0.2) is 61.7 Å². The number of benzene rings is 2. The zero-order valence-electron chi connectivity index (χ0n) is 16.1. The van der Waals surface area contributed by atoms with Crippen molar-refractivity contribution in [3.63, 3.8) is 0 Å². The Hall–Kier alpha value is -2.98. The molecule has 29 heavy (non-hydrogen) atoms. The van der Waals surface area contributed by atoms with Crippen LogP contribution in [0.15, 0.2) is 47.4 Å². The fourth-order valence-corrected chi connectivity index (χ4v) is 4.64. The van der Waals surface area contributed by atoms with Gasteiger partial charge in [-0.2, -0.15) is 4.31 Å². The summed E-state index contributed by atoms with van der Waals surface area (Å²) in [5, 5.41) is 10.9. The number of nitro benzene ring substituents is 1. The highest BCUT2D eigenvalue weighted by molar-refractivity contribution is 7.89. The first-order valence-corrected chi connectivity index (χ1v) is 10.4. The van der Waals surface area contributed by atoms with Gasteiger partial charge in [0.1, 0.15) is 5.75 Å². The number of nitrogens with zero attached hydrogens (tertiary/aromatic N) is 3. The van der Waals surface area contributed by atoms with Crippen LogP contribution >= 0.6 is 0 Å². The van der Waals surface area contributed by atoms with E-state index in [1.165, 1.54) is 29.6 Å². The third-order valence-corrected chi connectivity index (χ3v) is 6.74. The molecule has 0 bridgehead atoms. The molecule has 0 aliphatic carbocycles. The third kappa shape index (κ3) is 4.22. The molecule has 2 aromatic rings. The van der Waals surface area contributed by atoms with E-state index >= 15 is 0 Å². The van der Waals surface area contributed by atoms with Crippen molar-refractivity contribution >= 4 is 21.6 Å². The summed E-state index contributed by atoms with van der Waals surface area (Å²) < 4.78 is 32.1. The van der Waals surface area contributed by atoms with Gasteiger partial charge >= 0.3 is 0 Å².